The minimum Gasteiger partial charge on any atom is -0.313 e. The Balaban J connectivity index is 0.000000108. The van der Waals surface area contributed by atoms with Crippen molar-refractivity contribution >= 4 is 28.7 Å². The Morgan fingerprint density at radius 1 is 0.283 bits per heavy atom. The fraction of sp³-hybridized carbons (Fsp3) is 0.425. The topological polar surface area (TPSA) is 86.1 Å². The van der Waals surface area contributed by atoms with E-state index in [0.717, 1.165) is 86.6 Å². The summed E-state index contributed by atoms with van der Waals surface area (Å²) in [4.78, 5) is 50.4. The smallest absolute Gasteiger partial charge is 0.250 e. The van der Waals surface area contributed by atoms with E-state index in [4.69, 9.17) is 0 Å². The Bertz CT molecular complexity index is 4560. The minimum atomic E-state index is 0.148. The van der Waals surface area contributed by atoms with Crippen LogP contribution in [0.25, 0.3) is 0 Å². The van der Waals surface area contributed by atoms with Crippen molar-refractivity contribution in [1.29, 1.82) is 0 Å². The summed E-state index contributed by atoms with van der Waals surface area (Å²) in [5.74, 6) is 1.03. The first-order chi connectivity index (χ1) is 55.7. The van der Waals surface area contributed by atoms with Crippen molar-refractivity contribution in [2.45, 2.75) is 289 Å². The number of hydrogen-bond donors (Lipinski definition) is 0. The van der Waals surface area contributed by atoms with Gasteiger partial charge in [-0.05, 0) is 365 Å². The largest absolute Gasteiger partial charge is 0.313 e. The third kappa shape index (κ3) is 24.3. The molecule has 0 atom stereocenters. The molecule has 0 radical (unpaired) electrons. The van der Waals surface area contributed by atoms with Crippen LogP contribution in [0, 0.1) is 0 Å². The number of nitrogens with zero attached hydrogens (tertiary/aromatic N) is 2. The number of aromatic nitrogens is 2. The summed E-state index contributed by atoms with van der Waals surface area (Å²) in [6, 6.07) is 29.5. The molecule has 113 heavy (non-hydrogen) atoms. The highest BCUT2D eigenvalue weighted by molar-refractivity contribution is 7.10. The van der Waals surface area contributed by atoms with Gasteiger partial charge in [-0.2, -0.15) is 0 Å². The fourth-order valence-electron chi connectivity index (χ4n) is 19.0. The van der Waals surface area contributed by atoms with Gasteiger partial charge in [-0.3, -0.25) is 24.2 Å². The molecule has 19 aliphatic rings. The molecule has 4 heterocycles. The molecule has 0 bridgehead atoms. The van der Waals surface area contributed by atoms with E-state index in [0.29, 0.717) is 30.2 Å². The van der Waals surface area contributed by atoms with Gasteiger partial charge in [-0.1, -0.05) is 192 Å². The van der Waals surface area contributed by atoms with Crippen molar-refractivity contribution < 1.29 is 14.4 Å². The lowest BCUT2D eigenvalue weighted by molar-refractivity contribution is -0.116. The maximum absolute atomic E-state index is 11.2. The summed E-state index contributed by atoms with van der Waals surface area (Å²) in [7, 11) is 0. The van der Waals surface area contributed by atoms with Crippen LogP contribution in [-0.4, -0.2) is 26.9 Å². The molecule has 5 aromatic rings. The third-order valence-electron chi connectivity index (χ3n) is 25.3. The molecule has 0 amide bonds. The van der Waals surface area contributed by atoms with Crippen molar-refractivity contribution in [2.24, 2.45) is 0 Å². The van der Waals surface area contributed by atoms with E-state index in [9.17, 15) is 19.2 Å². The number of carbonyl (C=O) groups is 3. The van der Waals surface area contributed by atoms with E-state index in [1.165, 1.54) is 246 Å². The number of hydrogen-bond acceptors (Lipinski definition) is 6. The quantitative estimate of drug-likeness (QED) is 0.154. The Kier molecular flexibility index (Phi) is 32.0. The molecule has 0 N–H and O–H groups in total. The van der Waals surface area contributed by atoms with Crippen LogP contribution < -0.4 is 5.56 Å². The Morgan fingerprint density at radius 3 is 1.39 bits per heavy atom. The molecule has 18 aliphatic carbocycles. The molecule has 0 spiro atoms. The number of carbonyl (C=O) groups excluding carboxylic acids is 3. The van der Waals surface area contributed by atoms with E-state index in [-0.39, 0.29) is 5.56 Å². The molecular formula is C106H124N2O4S. The number of thiophene rings is 1. The zero-order chi connectivity index (χ0) is 77.4. The summed E-state index contributed by atoms with van der Waals surface area (Å²) < 4.78 is 1.85. The zero-order valence-electron chi connectivity index (χ0n) is 67.9. The molecule has 0 fully saturated rings. The van der Waals surface area contributed by atoms with Crippen LogP contribution in [0.5, 0.6) is 0 Å². The number of aryl methyl sites for hydroxylation is 9. The lowest BCUT2D eigenvalue weighted by Gasteiger charge is -2.13. The molecule has 0 saturated carbocycles. The predicted octanol–water partition coefficient (Wildman–Crippen LogP) is 26.5. The average Bonchev–Trinajstić information content (AvgIpc) is 1.66. The minimum absolute atomic E-state index is 0.148. The second-order valence-electron chi connectivity index (χ2n) is 33.0. The van der Waals surface area contributed by atoms with Gasteiger partial charge in [-0.15, -0.1) is 11.3 Å². The Labute approximate surface area is 681 Å². The molecule has 6 nitrogen and oxygen atoms in total. The number of pyridine rings is 2. The van der Waals surface area contributed by atoms with Crippen molar-refractivity contribution in [3.8, 4) is 0 Å². The first-order valence-electron chi connectivity index (χ1n) is 44.1. The molecule has 0 saturated heterocycles. The molecule has 7 heteroatoms. The molecular weight excluding hydrogens is 1400 g/mol. The third-order valence-corrected chi connectivity index (χ3v) is 26.3. The predicted molar refractivity (Wildman–Crippen MR) is 474 cm³/mol. The van der Waals surface area contributed by atoms with Crippen LogP contribution >= 0.6 is 11.3 Å². The molecule has 2 aromatic carbocycles. The van der Waals surface area contributed by atoms with Crippen LogP contribution in [0.4, 0.5) is 0 Å². The van der Waals surface area contributed by atoms with E-state index in [1.807, 2.05) is 70.7 Å². The van der Waals surface area contributed by atoms with Gasteiger partial charge in [-0.25, -0.2) is 0 Å². The molecule has 1 aliphatic heterocycles. The molecule has 0 unspecified atom stereocenters. The van der Waals surface area contributed by atoms with E-state index >= 15 is 0 Å². The SMILES string of the molecule is C1=CC2=C(C1)CCCC2.C1=CC2=C(C1)CCCC2.C1=CC2=C(CC1)CCC2.C1=CC2=C(CC=C2)CC1.O=C1CC=CC2=C1CC=C2.O=C1CC=CC2=C1CCC2.O=C1CCCC2=C1CC=C2.O=c1cccc2n1CCC2.c1cc2c(s1)CCCC2.c1ccc2c(c1)CCC2.c1ccc2c(c1)CCCC2.c1cnc2c(c1)CCC2. The zero-order valence-corrected chi connectivity index (χ0v) is 68.7. The number of Topliss-reactive ketones (excluding diaryl/α,β-unsaturated/α-hetero) is 3. The van der Waals surface area contributed by atoms with Gasteiger partial charge in [0.15, 0.2) is 17.3 Å². The van der Waals surface area contributed by atoms with Crippen LogP contribution in [0.3, 0.4) is 0 Å². The van der Waals surface area contributed by atoms with Crippen LogP contribution in [-0.2, 0) is 78.7 Å². The molecule has 24 rings (SSSR count). The second kappa shape index (κ2) is 44.1. The van der Waals surface area contributed by atoms with Gasteiger partial charge in [0.25, 0.3) is 5.56 Å². The summed E-state index contributed by atoms with van der Waals surface area (Å²) >= 11 is 1.93. The van der Waals surface area contributed by atoms with E-state index in [2.05, 4.69) is 150 Å². The first-order valence-corrected chi connectivity index (χ1v) is 45.0. The van der Waals surface area contributed by atoms with E-state index in [1.54, 1.807) is 77.8 Å². The highest BCUT2D eigenvalue weighted by Gasteiger charge is 2.24. The van der Waals surface area contributed by atoms with E-state index < -0.39 is 0 Å². The van der Waals surface area contributed by atoms with Crippen molar-refractivity contribution in [2.75, 3.05) is 0 Å². The van der Waals surface area contributed by atoms with Crippen molar-refractivity contribution in [1.82, 2.24) is 9.55 Å². The summed E-state index contributed by atoms with van der Waals surface area (Å²) in [5.41, 5.74) is 32.2. The standard InChI is InChI=1S/C10H12.2C9H10O.C9H8O.3C9H12.2C9H10.C8H9NO.C8H9N.C8H10S/c1-2-6-10-8-4-3-7-9(10)5-1;3*10-9-6-2-4-7-3-1-5-8(7)9;5*1-2-5-9-7-3-6-8(9)4-1;10-8-5-1-3-7-4-2-6-9(7)8;1-3-7-4-2-6-9-8(7)5-1;1-2-4-8-7(3-1)5-6-9-8/h1-2,5-6H,3-4,7-8H2;2,4H,1,3,5-6H2;1,3H,2,4-6H2;1-4H,5-6H2;2*3,6H,1-2,4-5,7H2;1,4H,2-3,5-7H2;1,3-4,6H,2,5,7H2;1-2,4-5H,3,6-7H2;1,3,5H,2,4,6H2;2,4,6H,1,3,5H2;5-6H,1-4H2. The van der Waals surface area contributed by atoms with Crippen molar-refractivity contribution in [3.63, 3.8) is 0 Å². The number of benzene rings is 2. The monoisotopic (exact) mass is 1520 g/mol. The van der Waals surface area contributed by atoms with Gasteiger partial charge >= 0.3 is 0 Å². The van der Waals surface area contributed by atoms with Gasteiger partial charge < -0.3 is 4.57 Å². The van der Waals surface area contributed by atoms with Gasteiger partial charge in [0.1, 0.15) is 0 Å². The molecule has 3 aromatic heterocycles. The normalized spacial score (nSPS) is 20.6. The van der Waals surface area contributed by atoms with Gasteiger partial charge in [0.2, 0.25) is 0 Å². The number of fused-ring (bicyclic) bond motifs is 5. The summed E-state index contributed by atoms with van der Waals surface area (Å²) in [6.07, 6.45) is 95.3. The van der Waals surface area contributed by atoms with Gasteiger partial charge in [0.05, 0.1) is 0 Å². The Morgan fingerprint density at radius 2 is 0.743 bits per heavy atom. The summed E-state index contributed by atoms with van der Waals surface area (Å²) in [5, 5.41) is 2.22. The Hall–Kier alpha value is -8.91. The number of allylic oxidation sites excluding steroid dienone is 32. The lowest BCUT2D eigenvalue weighted by atomic mass is 9.92. The highest BCUT2D eigenvalue weighted by Crippen LogP contribution is 2.37. The van der Waals surface area contributed by atoms with Crippen LogP contribution in [0.15, 0.2) is 289 Å². The molecule has 588 valence electrons. The number of rotatable bonds is 0. The maximum atomic E-state index is 11.2. The van der Waals surface area contributed by atoms with Crippen LogP contribution in [0.2, 0.25) is 0 Å². The van der Waals surface area contributed by atoms with Crippen molar-refractivity contribution in [3.05, 3.63) is 344 Å². The second-order valence-corrected chi connectivity index (χ2v) is 34.0. The lowest BCUT2D eigenvalue weighted by Crippen LogP contribution is -2.16. The highest BCUT2D eigenvalue weighted by atomic mass is 32.1. The average molecular weight is 1520 g/mol. The first kappa shape index (κ1) is 82.1. The fourth-order valence-corrected chi connectivity index (χ4v) is 19.9. The summed E-state index contributed by atoms with van der Waals surface area (Å²) in [6.45, 7) is 0.912. The van der Waals surface area contributed by atoms with Crippen LogP contribution in [0.1, 0.15) is 274 Å². The van der Waals surface area contributed by atoms with Gasteiger partial charge in [0, 0.05) is 65.5 Å². The number of ketones is 3. The maximum Gasteiger partial charge on any atom is 0.250 e.